The van der Waals surface area contributed by atoms with Gasteiger partial charge in [-0.15, -0.1) is 0 Å². The van der Waals surface area contributed by atoms with Crippen LogP contribution in [0.1, 0.15) is 20.8 Å². The summed E-state index contributed by atoms with van der Waals surface area (Å²) in [6.07, 6.45) is 0. The maximum absolute atomic E-state index is 10.2. The van der Waals surface area contributed by atoms with Crippen molar-refractivity contribution in [2.24, 2.45) is 4.99 Å². The molecule has 0 aromatic rings. The summed E-state index contributed by atoms with van der Waals surface area (Å²) in [4.78, 5) is 14.1. The van der Waals surface area contributed by atoms with E-state index in [2.05, 4.69) is 4.99 Å². The highest BCUT2D eigenvalue weighted by Gasteiger charge is 1.85. The Morgan fingerprint density at radius 1 is 1.38 bits per heavy atom. The molecule has 0 bridgehead atoms. The van der Waals surface area contributed by atoms with Crippen molar-refractivity contribution in [3.05, 3.63) is 0 Å². The maximum Gasteiger partial charge on any atom is 0.151 e. The Morgan fingerprint density at radius 3 is 2.00 bits per heavy atom. The zero-order valence-corrected chi connectivity index (χ0v) is 5.56. The number of carbonyl (C=O) groups is 1. The Morgan fingerprint density at radius 2 is 1.88 bits per heavy atom. The van der Waals surface area contributed by atoms with E-state index in [0.717, 1.165) is 5.71 Å². The minimum Gasteiger partial charge on any atom is -0.298 e. The van der Waals surface area contributed by atoms with E-state index in [9.17, 15) is 4.79 Å². The van der Waals surface area contributed by atoms with Crippen LogP contribution in [0, 0.1) is 0 Å². The second-order valence-electron chi connectivity index (χ2n) is 1.97. The van der Waals surface area contributed by atoms with Crippen LogP contribution < -0.4 is 0 Å². The maximum atomic E-state index is 10.2. The molecule has 0 saturated carbocycles. The van der Waals surface area contributed by atoms with Crippen LogP contribution in [0.15, 0.2) is 4.99 Å². The Bertz CT molecular complexity index is 112. The first-order valence-corrected chi connectivity index (χ1v) is 2.60. The number of carbonyl (C=O) groups excluding carboxylic acids is 1. The summed E-state index contributed by atoms with van der Waals surface area (Å²) in [7, 11) is 0. The molecule has 0 rings (SSSR count). The predicted octanol–water partition coefficient (Wildman–Crippen LogP) is 1.06. The molecule has 0 unspecified atom stereocenters. The summed E-state index contributed by atoms with van der Waals surface area (Å²) in [6, 6.07) is 0. The number of ketones is 1. The minimum atomic E-state index is 0.117. The molecule has 0 aromatic carbocycles. The molecule has 2 heteroatoms. The smallest absolute Gasteiger partial charge is 0.151 e. The van der Waals surface area contributed by atoms with Crippen LogP contribution >= 0.6 is 0 Å². The molecule has 8 heavy (non-hydrogen) atoms. The number of hydrogen-bond donors (Lipinski definition) is 0. The lowest BCUT2D eigenvalue weighted by molar-refractivity contribution is -0.115. The fourth-order valence-electron chi connectivity index (χ4n) is 0.269. The number of Topliss-reactive ketones (excluding diaryl/α,β-unsaturated/α-hetero) is 1. The lowest BCUT2D eigenvalue weighted by atomic mass is 10.4. The van der Waals surface area contributed by atoms with Crippen LogP contribution in [0.4, 0.5) is 0 Å². The van der Waals surface area contributed by atoms with Gasteiger partial charge in [-0.3, -0.25) is 9.79 Å². The van der Waals surface area contributed by atoms with E-state index in [0.29, 0.717) is 6.54 Å². The van der Waals surface area contributed by atoms with Crippen molar-refractivity contribution in [2.45, 2.75) is 20.8 Å². The normalized spacial score (nSPS) is 8.38. The van der Waals surface area contributed by atoms with Crippen LogP contribution in [-0.2, 0) is 4.79 Å². The quantitative estimate of drug-likeness (QED) is 0.492. The molecule has 0 N–H and O–H groups in total. The topological polar surface area (TPSA) is 29.4 Å². The van der Waals surface area contributed by atoms with Crippen LogP contribution in [0.25, 0.3) is 0 Å². The summed E-state index contributed by atoms with van der Waals surface area (Å²) in [5.41, 5.74) is 0.959. The van der Waals surface area contributed by atoms with E-state index < -0.39 is 0 Å². The summed E-state index contributed by atoms with van der Waals surface area (Å²) in [5.74, 6) is 0.117. The minimum absolute atomic E-state index is 0.117. The molecule has 0 aliphatic rings. The zero-order valence-electron chi connectivity index (χ0n) is 5.56. The van der Waals surface area contributed by atoms with E-state index in [1.54, 1.807) is 0 Å². The highest BCUT2D eigenvalue weighted by molar-refractivity contribution is 5.84. The van der Waals surface area contributed by atoms with Crippen molar-refractivity contribution in [2.75, 3.05) is 6.54 Å². The summed E-state index contributed by atoms with van der Waals surface area (Å²) < 4.78 is 0. The van der Waals surface area contributed by atoms with Gasteiger partial charge in [-0.25, -0.2) is 0 Å². The van der Waals surface area contributed by atoms with Crippen molar-refractivity contribution in [3.63, 3.8) is 0 Å². The van der Waals surface area contributed by atoms with E-state index in [4.69, 9.17) is 0 Å². The standard InChI is InChI=1S/C6H11NO/c1-5(2)7-4-6(3)8/h4H2,1-3H3. The molecule has 0 heterocycles. The molecule has 0 saturated heterocycles. The third-order valence-corrected chi connectivity index (χ3v) is 0.618. The second-order valence-corrected chi connectivity index (χ2v) is 1.97. The van der Waals surface area contributed by atoms with E-state index in [-0.39, 0.29) is 5.78 Å². The average molecular weight is 113 g/mol. The first-order chi connectivity index (χ1) is 3.63. The lowest BCUT2D eigenvalue weighted by Gasteiger charge is -1.86. The van der Waals surface area contributed by atoms with Crippen LogP contribution in [-0.4, -0.2) is 18.0 Å². The Balaban J connectivity index is 3.45. The van der Waals surface area contributed by atoms with Crippen molar-refractivity contribution in [3.8, 4) is 0 Å². The van der Waals surface area contributed by atoms with Gasteiger partial charge in [0.05, 0.1) is 6.54 Å². The molecule has 0 aliphatic heterocycles. The van der Waals surface area contributed by atoms with Crippen LogP contribution in [0.2, 0.25) is 0 Å². The van der Waals surface area contributed by atoms with Gasteiger partial charge in [0.2, 0.25) is 0 Å². The molecule has 46 valence electrons. The molecule has 0 radical (unpaired) electrons. The average Bonchev–Trinajstić information content (AvgIpc) is 1.61. The van der Waals surface area contributed by atoms with Crippen LogP contribution in [0.3, 0.4) is 0 Å². The number of rotatable bonds is 2. The van der Waals surface area contributed by atoms with Gasteiger partial charge in [0.1, 0.15) is 0 Å². The van der Waals surface area contributed by atoms with Gasteiger partial charge < -0.3 is 0 Å². The van der Waals surface area contributed by atoms with Gasteiger partial charge in [0.15, 0.2) is 5.78 Å². The number of aliphatic imine (C=N–C) groups is 1. The van der Waals surface area contributed by atoms with Gasteiger partial charge in [-0.1, -0.05) is 0 Å². The second kappa shape index (κ2) is 3.36. The van der Waals surface area contributed by atoms with Crippen molar-refractivity contribution in [1.29, 1.82) is 0 Å². The first kappa shape index (κ1) is 7.34. The van der Waals surface area contributed by atoms with Gasteiger partial charge in [-0.2, -0.15) is 0 Å². The largest absolute Gasteiger partial charge is 0.298 e. The highest BCUT2D eigenvalue weighted by atomic mass is 16.1. The third kappa shape index (κ3) is 5.34. The molecular weight excluding hydrogens is 102 g/mol. The van der Waals surface area contributed by atoms with E-state index in [1.807, 2.05) is 13.8 Å². The zero-order chi connectivity index (χ0) is 6.57. The van der Waals surface area contributed by atoms with Crippen molar-refractivity contribution in [1.82, 2.24) is 0 Å². The van der Waals surface area contributed by atoms with Gasteiger partial charge in [0.25, 0.3) is 0 Å². The Kier molecular flexibility index (Phi) is 3.08. The highest BCUT2D eigenvalue weighted by Crippen LogP contribution is 1.75. The van der Waals surface area contributed by atoms with Crippen molar-refractivity contribution < 1.29 is 4.79 Å². The molecule has 0 fully saturated rings. The summed E-state index contributed by atoms with van der Waals surface area (Å²) in [5, 5.41) is 0. The third-order valence-electron chi connectivity index (χ3n) is 0.618. The molecule has 0 atom stereocenters. The molecule has 0 aromatic heterocycles. The molecule has 0 spiro atoms. The fraction of sp³-hybridized carbons (Fsp3) is 0.667. The van der Waals surface area contributed by atoms with E-state index in [1.165, 1.54) is 6.92 Å². The Hall–Kier alpha value is -0.660. The molecule has 0 aliphatic carbocycles. The van der Waals surface area contributed by atoms with Gasteiger partial charge >= 0.3 is 0 Å². The lowest BCUT2D eigenvalue weighted by Crippen LogP contribution is -1.96. The number of hydrogen-bond acceptors (Lipinski definition) is 2. The summed E-state index contributed by atoms with van der Waals surface area (Å²) in [6.45, 7) is 5.63. The monoisotopic (exact) mass is 113 g/mol. The van der Waals surface area contributed by atoms with E-state index >= 15 is 0 Å². The van der Waals surface area contributed by atoms with Crippen LogP contribution in [0.5, 0.6) is 0 Å². The van der Waals surface area contributed by atoms with Crippen molar-refractivity contribution >= 4 is 11.5 Å². The number of nitrogens with zero attached hydrogens (tertiary/aromatic N) is 1. The molecule has 2 nitrogen and oxygen atoms in total. The van der Waals surface area contributed by atoms with Gasteiger partial charge in [-0.05, 0) is 20.8 Å². The molecule has 0 amide bonds. The SMILES string of the molecule is CC(=O)CN=C(C)C. The predicted molar refractivity (Wildman–Crippen MR) is 34.3 cm³/mol. The fourth-order valence-corrected chi connectivity index (χ4v) is 0.269. The Labute approximate surface area is 49.6 Å². The van der Waals surface area contributed by atoms with Gasteiger partial charge in [0, 0.05) is 5.71 Å². The first-order valence-electron chi connectivity index (χ1n) is 2.60. The molecular formula is C6H11NO. The summed E-state index contributed by atoms with van der Waals surface area (Å²) >= 11 is 0.